The first-order valence-electron chi connectivity index (χ1n) is 5.62. The van der Waals surface area contributed by atoms with Crippen LogP contribution < -0.4 is 0 Å². The summed E-state index contributed by atoms with van der Waals surface area (Å²) in [6, 6.07) is 0. The van der Waals surface area contributed by atoms with Gasteiger partial charge in [-0.1, -0.05) is 33.3 Å². The second kappa shape index (κ2) is 2.71. The van der Waals surface area contributed by atoms with E-state index in [0.29, 0.717) is 5.78 Å². The first kappa shape index (κ1) is 9.95. The second-order valence-corrected chi connectivity index (χ2v) is 6.07. The molecule has 0 radical (unpaired) electrons. The normalized spacial score (nSPS) is 29.3. The molecule has 0 aliphatic heterocycles. The van der Waals surface area contributed by atoms with E-state index < -0.39 is 0 Å². The molecule has 1 nitrogen and oxygen atoms in total. The summed E-state index contributed by atoms with van der Waals surface area (Å²) >= 11 is 0. The van der Waals surface area contributed by atoms with E-state index in [9.17, 15) is 4.79 Å². The Labute approximate surface area is 86.6 Å². The quantitative estimate of drug-likeness (QED) is 0.574. The van der Waals surface area contributed by atoms with Crippen molar-refractivity contribution in [3.63, 3.8) is 0 Å². The number of carbonyl (C=O) groups is 1. The third-order valence-corrected chi connectivity index (χ3v) is 3.79. The Balaban J connectivity index is 2.54. The molecule has 0 spiro atoms. The third kappa shape index (κ3) is 1.25. The number of carbonyl (C=O) groups excluding carboxylic acids is 1. The van der Waals surface area contributed by atoms with E-state index >= 15 is 0 Å². The van der Waals surface area contributed by atoms with Gasteiger partial charge in [-0.05, 0) is 30.1 Å². The van der Waals surface area contributed by atoms with Gasteiger partial charge in [0, 0.05) is 12.0 Å². The van der Waals surface area contributed by atoms with Gasteiger partial charge in [-0.3, -0.25) is 4.79 Å². The van der Waals surface area contributed by atoms with Crippen molar-refractivity contribution < 1.29 is 4.79 Å². The summed E-state index contributed by atoms with van der Waals surface area (Å²) in [5, 5.41) is 0. The first-order chi connectivity index (χ1) is 6.34. The molecule has 0 bridgehead atoms. The Kier molecular flexibility index (Phi) is 1.93. The van der Waals surface area contributed by atoms with Gasteiger partial charge in [-0.15, -0.1) is 0 Å². The number of Topliss-reactive ketones (excluding diaryl/α,β-unsaturated/α-hetero) is 1. The summed E-state index contributed by atoms with van der Waals surface area (Å²) in [5.74, 6) is 0.418. The summed E-state index contributed by atoms with van der Waals surface area (Å²) in [6.07, 6.45) is 4.13. The Morgan fingerprint density at radius 3 is 2.21 bits per heavy atom. The lowest BCUT2D eigenvalue weighted by molar-refractivity contribution is -0.116. The molecule has 14 heavy (non-hydrogen) atoms. The highest BCUT2D eigenvalue weighted by atomic mass is 16.1. The molecule has 2 aliphatic rings. The minimum Gasteiger partial charge on any atom is -0.295 e. The van der Waals surface area contributed by atoms with E-state index in [4.69, 9.17) is 0 Å². The third-order valence-electron chi connectivity index (χ3n) is 3.79. The van der Waals surface area contributed by atoms with Gasteiger partial charge in [0.1, 0.15) is 0 Å². The predicted octanol–water partition coefficient (Wildman–Crippen LogP) is 3.49. The summed E-state index contributed by atoms with van der Waals surface area (Å²) in [7, 11) is 0. The van der Waals surface area contributed by atoms with Crippen LogP contribution in [0.3, 0.4) is 0 Å². The zero-order valence-corrected chi connectivity index (χ0v) is 9.74. The highest BCUT2D eigenvalue weighted by molar-refractivity contribution is 5.99. The van der Waals surface area contributed by atoms with Crippen molar-refractivity contribution in [2.75, 3.05) is 0 Å². The maximum Gasteiger partial charge on any atom is 0.159 e. The van der Waals surface area contributed by atoms with Crippen LogP contribution in [0.4, 0.5) is 0 Å². The molecule has 0 atom stereocenters. The fourth-order valence-electron chi connectivity index (χ4n) is 3.61. The lowest BCUT2D eigenvalue weighted by Crippen LogP contribution is -2.20. The second-order valence-electron chi connectivity index (χ2n) is 6.07. The van der Waals surface area contributed by atoms with Crippen molar-refractivity contribution in [2.24, 2.45) is 10.8 Å². The fraction of sp³-hybridized carbons (Fsp3) is 0.769. The number of ketones is 1. The van der Waals surface area contributed by atoms with Crippen LogP contribution in [-0.2, 0) is 4.79 Å². The van der Waals surface area contributed by atoms with Gasteiger partial charge in [0.2, 0.25) is 0 Å². The molecule has 0 aromatic heterocycles. The molecule has 0 fully saturated rings. The fourth-order valence-corrected chi connectivity index (χ4v) is 3.61. The molecule has 0 unspecified atom stereocenters. The van der Waals surface area contributed by atoms with Gasteiger partial charge in [-0.2, -0.15) is 0 Å². The maximum atomic E-state index is 11.9. The molecular weight excluding hydrogens is 172 g/mol. The van der Waals surface area contributed by atoms with Crippen LogP contribution in [0.15, 0.2) is 11.1 Å². The van der Waals surface area contributed by atoms with Crippen LogP contribution in [0.25, 0.3) is 0 Å². The summed E-state index contributed by atoms with van der Waals surface area (Å²) < 4.78 is 0. The summed E-state index contributed by atoms with van der Waals surface area (Å²) in [4.78, 5) is 11.9. The van der Waals surface area contributed by atoms with E-state index in [-0.39, 0.29) is 10.8 Å². The number of hydrogen-bond donors (Lipinski definition) is 0. The Bertz CT molecular complexity index is 318. The topological polar surface area (TPSA) is 17.1 Å². The first-order valence-corrected chi connectivity index (χ1v) is 5.62. The van der Waals surface area contributed by atoms with E-state index in [1.807, 2.05) is 0 Å². The Morgan fingerprint density at radius 2 is 1.64 bits per heavy atom. The van der Waals surface area contributed by atoms with E-state index in [1.54, 1.807) is 0 Å². The average Bonchev–Trinajstić information content (AvgIpc) is 2.18. The Hall–Kier alpha value is -0.590. The van der Waals surface area contributed by atoms with Gasteiger partial charge < -0.3 is 0 Å². The molecular formula is C13H20O. The standard InChI is InChI=1S/C13H20O/c1-12(2)8-13(3,4)11-9(12)6-5-7-10(11)14/h5-8H2,1-4H3. The monoisotopic (exact) mass is 192 g/mol. The van der Waals surface area contributed by atoms with Crippen LogP contribution in [0.2, 0.25) is 0 Å². The van der Waals surface area contributed by atoms with E-state index in [2.05, 4.69) is 27.7 Å². The van der Waals surface area contributed by atoms with Crippen molar-refractivity contribution in [1.29, 1.82) is 0 Å². The lowest BCUT2D eigenvalue weighted by Gasteiger charge is -2.25. The highest BCUT2D eigenvalue weighted by Gasteiger charge is 2.47. The van der Waals surface area contributed by atoms with Gasteiger partial charge in [-0.25, -0.2) is 0 Å². The van der Waals surface area contributed by atoms with Crippen LogP contribution >= 0.6 is 0 Å². The molecule has 78 valence electrons. The SMILES string of the molecule is CC1(C)CC(C)(C)C2=C1CCCC2=O. The predicted molar refractivity (Wildman–Crippen MR) is 58.1 cm³/mol. The van der Waals surface area contributed by atoms with Crippen molar-refractivity contribution in [3.05, 3.63) is 11.1 Å². The zero-order chi connectivity index (χ0) is 10.6. The number of hydrogen-bond acceptors (Lipinski definition) is 1. The van der Waals surface area contributed by atoms with E-state index in [0.717, 1.165) is 25.7 Å². The van der Waals surface area contributed by atoms with Gasteiger partial charge in [0.25, 0.3) is 0 Å². The molecule has 2 aliphatic carbocycles. The van der Waals surface area contributed by atoms with Crippen LogP contribution in [0, 0.1) is 10.8 Å². The minimum absolute atomic E-state index is 0.121. The smallest absolute Gasteiger partial charge is 0.159 e. The summed E-state index contributed by atoms with van der Waals surface area (Å²) in [6.45, 7) is 9.02. The van der Waals surface area contributed by atoms with Gasteiger partial charge >= 0.3 is 0 Å². The average molecular weight is 192 g/mol. The molecule has 0 aromatic rings. The van der Waals surface area contributed by atoms with Crippen molar-refractivity contribution in [2.45, 2.75) is 53.4 Å². The summed E-state index contributed by atoms with van der Waals surface area (Å²) in [5.41, 5.74) is 3.01. The molecule has 2 rings (SSSR count). The highest BCUT2D eigenvalue weighted by Crippen LogP contribution is 2.56. The zero-order valence-electron chi connectivity index (χ0n) is 9.74. The molecule has 0 N–H and O–H groups in total. The molecule has 1 heteroatoms. The molecule has 0 saturated heterocycles. The largest absolute Gasteiger partial charge is 0.295 e. The van der Waals surface area contributed by atoms with Crippen molar-refractivity contribution in [1.82, 2.24) is 0 Å². The number of allylic oxidation sites excluding steroid dienone is 2. The van der Waals surface area contributed by atoms with Crippen molar-refractivity contribution in [3.8, 4) is 0 Å². The molecule has 0 amide bonds. The van der Waals surface area contributed by atoms with Crippen LogP contribution in [0.1, 0.15) is 53.4 Å². The van der Waals surface area contributed by atoms with Gasteiger partial charge in [0.05, 0.1) is 0 Å². The maximum absolute atomic E-state index is 11.9. The van der Waals surface area contributed by atoms with Crippen LogP contribution in [0.5, 0.6) is 0 Å². The molecule has 0 heterocycles. The van der Waals surface area contributed by atoms with Crippen molar-refractivity contribution >= 4 is 5.78 Å². The van der Waals surface area contributed by atoms with Crippen LogP contribution in [-0.4, -0.2) is 5.78 Å². The number of rotatable bonds is 0. The molecule has 0 aromatic carbocycles. The van der Waals surface area contributed by atoms with E-state index in [1.165, 1.54) is 11.1 Å². The molecule has 0 saturated carbocycles. The van der Waals surface area contributed by atoms with Gasteiger partial charge in [0.15, 0.2) is 5.78 Å². The lowest BCUT2D eigenvalue weighted by atomic mass is 9.79. The minimum atomic E-state index is 0.121. The Morgan fingerprint density at radius 1 is 1.00 bits per heavy atom.